The van der Waals surface area contributed by atoms with Crippen molar-refractivity contribution in [3.05, 3.63) is 51.9 Å². The van der Waals surface area contributed by atoms with Crippen LogP contribution in [0.4, 0.5) is 11.6 Å². The highest BCUT2D eigenvalue weighted by Gasteiger charge is 2.07. The Balaban J connectivity index is 2.03. The summed E-state index contributed by atoms with van der Waals surface area (Å²) in [5.41, 5.74) is 1.43. The van der Waals surface area contributed by atoms with E-state index in [1.54, 1.807) is 24.3 Å². The number of rotatable bonds is 8. The van der Waals surface area contributed by atoms with Crippen LogP contribution in [0.1, 0.15) is 35.8 Å². The zero-order valence-corrected chi connectivity index (χ0v) is 13.8. The summed E-state index contributed by atoms with van der Waals surface area (Å²) in [5, 5.41) is 2.99. The lowest BCUT2D eigenvalue weighted by Crippen LogP contribution is -2.12. The molecule has 7 heteroatoms. The van der Waals surface area contributed by atoms with E-state index in [9.17, 15) is 9.59 Å². The molecule has 0 saturated heterocycles. The number of aromatic amines is 1. The molecule has 24 heavy (non-hydrogen) atoms. The first-order valence-corrected chi connectivity index (χ1v) is 7.75. The summed E-state index contributed by atoms with van der Waals surface area (Å²) in [6.07, 6.45) is 1.83. The van der Waals surface area contributed by atoms with E-state index >= 15 is 0 Å². The van der Waals surface area contributed by atoms with Crippen molar-refractivity contribution in [2.24, 2.45) is 0 Å². The number of aromatic nitrogens is 2. The number of ether oxygens (including phenoxy) is 2. The maximum atomic E-state index is 11.8. The number of anilines is 2. The first-order chi connectivity index (χ1) is 11.6. The minimum Gasteiger partial charge on any atom is -0.462 e. The van der Waals surface area contributed by atoms with E-state index in [1.807, 2.05) is 6.92 Å². The fraction of sp³-hybridized carbons (Fsp3) is 0.353. The molecule has 0 unspecified atom stereocenters. The molecule has 1 heterocycles. The lowest BCUT2D eigenvalue weighted by molar-refractivity contribution is 0.0500. The quantitative estimate of drug-likeness (QED) is 0.570. The molecule has 0 amide bonds. The summed E-state index contributed by atoms with van der Waals surface area (Å²) >= 11 is 0. The van der Waals surface area contributed by atoms with Gasteiger partial charge in [0.2, 0.25) is 5.95 Å². The van der Waals surface area contributed by atoms with Crippen LogP contribution in [-0.2, 0) is 16.1 Å². The molecule has 7 nitrogen and oxygen atoms in total. The summed E-state index contributed by atoms with van der Waals surface area (Å²) in [7, 11) is 1.54. The fourth-order valence-corrected chi connectivity index (χ4v) is 2.01. The molecular weight excluding hydrogens is 310 g/mol. The number of carbonyl (C=O) groups is 1. The summed E-state index contributed by atoms with van der Waals surface area (Å²) in [4.78, 5) is 30.3. The summed E-state index contributed by atoms with van der Waals surface area (Å²) in [6.45, 7) is 2.71. The molecule has 0 radical (unpaired) electrons. The van der Waals surface area contributed by atoms with E-state index < -0.39 is 0 Å². The topological polar surface area (TPSA) is 93.3 Å². The molecule has 0 saturated carbocycles. The molecule has 0 spiro atoms. The molecule has 0 bridgehead atoms. The molecule has 2 N–H and O–H groups in total. The van der Waals surface area contributed by atoms with E-state index in [0.717, 1.165) is 12.8 Å². The largest absolute Gasteiger partial charge is 0.462 e. The van der Waals surface area contributed by atoms with Crippen molar-refractivity contribution in [3.8, 4) is 0 Å². The van der Waals surface area contributed by atoms with Crippen LogP contribution < -0.4 is 10.9 Å². The minimum absolute atomic E-state index is 0.251. The highest BCUT2D eigenvalue weighted by Crippen LogP contribution is 2.14. The number of esters is 1. The van der Waals surface area contributed by atoms with Crippen LogP contribution in [0.3, 0.4) is 0 Å². The standard InChI is InChI=1S/C17H21N3O4/c1-3-4-9-24-16(22)12-5-7-13(8-6-12)18-17-19-14(11-23-2)10-15(21)20-17/h5-8,10H,3-4,9,11H2,1-2H3,(H2,18,19,20,21). The minimum atomic E-state index is -0.344. The van der Waals surface area contributed by atoms with Crippen molar-refractivity contribution in [1.82, 2.24) is 9.97 Å². The van der Waals surface area contributed by atoms with Gasteiger partial charge < -0.3 is 14.8 Å². The van der Waals surface area contributed by atoms with Crippen molar-refractivity contribution in [2.75, 3.05) is 19.0 Å². The van der Waals surface area contributed by atoms with Gasteiger partial charge in [0, 0.05) is 18.9 Å². The molecule has 0 aliphatic rings. The second kappa shape index (κ2) is 8.83. The monoisotopic (exact) mass is 331 g/mol. The normalized spacial score (nSPS) is 10.4. The fourth-order valence-electron chi connectivity index (χ4n) is 2.01. The molecule has 1 aromatic heterocycles. The molecular formula is C17H21N3O4. The van der Waals surface area contributed by atoms with Gasteiger partial charge in [0.05, 0.1) is 24.5 Å². The third-order valence-electron chi connectivity index (χ3n) is 3.20. The van der Waals surface area contributed by atoms with Crippen LogP contribution in [0.15, 0.2) is 35.1 Å². The van der Waals surface area contributed by atoms with Gasteiger partial charge >= 0.3 is 5.97 Å². The zero-order valence-electron chi connectivity index (χ0n) is 13.8. The number of nitrogens with zero attached hydrogens (tertiary/aromatic N) is 1. The van der Waals surface area contributed by atoms with Gasteiger partial charge in [0.1, 0.15) is 0 Å². The average Bonchev–Trinajstić information content (AvgIpc) is 2.55. The number of carbonyl (C=O) groups excluding carboxylic acids is 1. The van der Waals surface area contributed by atoms with Crippen molar-refractivity contribution in [1.29, 1.82) is 0 Å². The van der Waals surface area contributed by atoms with Crippen LogP contribution in [0.2, 0.25) is 0 Å². The van der Waals surface area contributed by atoms with Gasteiger partial charge in [-0.15, -0.1) is 0 Å². The SMILES string of the molecule is CCCCOC(=O)c1ccc(Nc2nc(COC)cc(=O)[nH]2)cc1. The number of benzene rings is 1. The number of nitrogens with one attached hydrogen (secondary N) is 2. The molecule has 128 valence electrons. The smallest absolute Gasteiger partial charge is 0.338 e. The molecule has 0 fully saturated rings. The molecule has 0 atom stereocenters. The first kappa shape index (κ1) is 17.7. The lowest BCUT2D eigenvalue weighted by atomic mass is 10.2. The van der Waals surface area contributed by atoms with Crippen LogP contribution >= 0.6 is 0 Å². The zero-order chi connectivity index (χ0) is 17.4. The average molecular weight is 331 g/mol. The summed E-state index contributed by atoms with van der Waals surface area (Å²) in [5.74, 6) is -0.0311. The molecule has 0 aliphatic carbocycles. The number of methoxy groups -OCH3 is 1. The number of hydrogen-bond acceptors (Lipinski definition) is 6. The van der Waals surface area contributed by atoms with Gasteiger partial charge in [-0.1, -0.05) is 13.3 Å². The number of hydrogen-bond donors (Lipinski definition) is 2. The highest BCUT2D eigenvalue weighted by molar-refractivity contribution is 5.89. The van der Waals surface area contributed by atoms with Gasteiger partial charge in [-0.2, -0.15) is 0 Å². The summed E-state index contributed by atoms with van der Waals surface area (Å²) in [6, 6.07) is 8.14. The Hall–Kier alpha value is -2.67. The Morgan fingerprint density at radius 1 is 1.29 bits per heavy atom. The van der Waals surface area contributed by atoms with Crippen molar-refractivity contribution >= 4 is 17.6 Å². The van der Waals surface area contributed by atoms with E-state index in [1.165, 1.54) is 13.2 Å². The third kappa shape index (κ3) is 5.20. The molecule has 2 rings (SSSR count). The van der Waals surface area contributed by atoms with Crippen LogP contribution in [0.5, 0.6) is 0 Å². The van der Waals surface area contributed by atoms with Crippen molar-refractivity contribution in [3.63, 3.8) is 0 Å². The number of unbranched alkanes of at least 4 members (excludes halogenated alkanes) is 1. The van der Waals surface area contributed by atoms with Crippen LogP contribution in [0, 0.1) is 0 Å². The Kier molecular flexibility index (Phi) is 6.51. The van der Waals surface area contributed by atoms with Crippen LogP contribution in [-0.4, -0.2) is 29.7 Å². The Morgan fingerprint density at radius 2 is 2.04 bits per heavy atom. The van der Waals surface area contributed by atoms with E-state index in [2.05, 4.69) is 15.3 Å². The maximum Gasteiger partial charge on any atom is 0.338 e. The summed E-state index contributed by atoms with van der Waals surface area (Å²) < 4.78 is 10.1. The molecule has 0 aliphatic heterocycles. The Bertz CT molecular complexity index is 725. The lowest BCUT2D eigenvalue weighted by Gasteiger charge is -2.08. The van der Waals surface area contributed by atoms with E-state index in [0.29, 0.717) is 29.5 Å². The second-order valence-corrected chi connectivity index (χ2v) is 5.21. The predicted molar refractivity (Wildman–Crippen MR) is 90.5 cm³/mol. The van der Waals surface area contributed by atoms with Gasteiger partial charge in [-0.25, -0.2) is 9.78 Å². The second-order valence-electron chi connectivity index (χ2n) is 5.21. The predicted octanol–water partition coefficient (Wildman–Crippen LogP) is 2.62. The van der Waals surface area contributed by atoms with E-state index in [-0.39, 0.29) is 18.1 Å². The maximum absolute atomic E-state index is 11.8. The van der Waals surface area contributed by atoms with Gasteiger partial charge in [-0.05, 0) is 30.7 Å². The Labute approximate surface area is 140 Å². The van der Waals surface area contributed by atoms with Crippen molar-refractivity contribution in [2.45, 2.75) is 26.4 Å². The van der Waals surface area contributed by atoms with Gasteiger partial charge in [0.15, 0.2) is 0 Å². The van der Waals surface area contributed by atoms with Crippen LogP contribution in [0.25, 0.3) is 0 Å². The highest BCUT2D eigenvalue weighted by atomic mass is 16.5. The van der Waals surface area contributed by atoms with Crippen molar-refractivity contribution < 1.29 is 14.3 Å². The van der Waals surface area contributed by atoms with Gasteiger partial charge in [-0.3, -0.25) is 9.78 Å². The Morgan fingerprint density at radius 3 is 2.71 bits per heavy atom. The molecule has 1 aromatic carbocycles. The van der Waals surface area contributed by atoms with E-state index in [4.69, 9.17) is 9.47 Å². The number of H-pyrrole nitrogens is 1. The third-order valence-corrected chi connectivity index (χ3v) is 3.20. The van der Waals surface area contributed by atoms with Gasteiger partial charge in [0.25, 0.3) is 5.56 Å². The molecule has 2 aromatic rings. The first-order valence-electron chi connectivity index (χ1n) is 7.75.